The number of carbonyl (C=O) groups is 1. The van der Waals surface area contributed by atoms with Crippen LogP contribution in [-0.4, -0.2) is 14.2 Å². The molecule has 2 aromatic carbocycles. The van der Waals surface area contributed by atoms with E-state index in [1.54, 1.807) is 24.3 Å². The first-order valence-electron chi connectivity index (χ1n) is 6.11. The minimum atomic E-state index is -3.70. The highest BCUT2D eigenvalue weighted by atomic mass is 79.9. The predicted molar refractivity (Wildman–Crippen MR) is 83.2 cm³/mol. The molecular formula is C15H10BrNO3S. The first-order chi connectivity index (χ1) is 9.97. The summed E-state index contributed by atoms with van der Waals surface area (Å²) in [5, 5.41) is 0. The Kier molecular flexibility index (Phi) is 3.43. The quantitative estimate of drug-likeness (QED) is 0.792. The zero-order chi connectivity index (χ0) is 15.0. The number of sulfonamides is 1. The third-order valence-corrected chi connectivity index (χ3v) is 5.04. The molecule has 2 aromatic rings. The first-order valence-corrected chi connectivity index (χ1v) is 8.39. The number of hydrogen-bond acceptors (Lipinski definition) is 3. The van der Waals surface area contributed by atoms with Gasteiger partial charge in [-0.25, -0.2) is 8.42 Å². The van der Waals surface area contributed by atoms with Crippen molar-refractivity contribution < 1.29 is 13.2 Å². The molecule has 0 aromatic heterocycles. The number of nitrogens with one attached hydrogen (secondary N) is 1. The Hall–Kier alpha value is -1.92. The second kappa shape index (κ2) is 5.13. The van der Waals surface area contributed by atoms with Gasteiger partial charge in [0, 0.05) is 10.0 Å². The van der Waals surface area contributed by atoms with Crippen LogP contribution in [0.5, 0.6) is 0 Å². The van der Waals surface area contributed by atoms with Gasteiger partial charge in [-0.15, -0.1) is 0 Å². The summed E-state index contributed by atoms with van der Waals surface area (Å²) in [4.78, 5) is 12.4. The standard InChI is InChI=1S/C15H10BrNO3S/c16-11-7-5-10(6-8-11)9-13-15(18)12-3-1-2-4-14(12)21(19,20)17-13/h1-9,17H/b13-9-. The molecule has 0 saturated heterocycles. The SMILES string of the molecule is O=C1/C(=C/c2ccc(Br)cc2)NS(=O)(=O)c2ccccc21. The van der Waals surface area contributed by atoms with Gasteiger partial charge in [-0.1, -0.05) is 40.2 Å². The number of ketones is 1. The van der Waals surface area contributed by atoms with E-state index in [9.17, 15) is 13.2 Å². The minimum Gasteiger partial charge on any atom is -0.287 e. The van der Waals surface area contributed by atoms with Gasteiger partial charge in [0.25, 0.3) is 10.0 Å². The van der Waals surface area contributed by atoms with E-state index in [-0.39, 0.29) is 21.9 Å². The van der Waals surface area contributed by atoms with Gasteiger partial charge in [-0.2, -0.15) is 0 Å². The Balaban J connectivity index is 2.11. The van der Waals surface area contributed by atoms with Crippen LogP contribution >= 0.6 is 15.9 Å². The normalized spacial score (nSPS) is 18.1. The lowest BCUT2D eigenvalue weighted by atomic mass is 10.1. The van der Waals surface area contributed by atoms with E-state index in [2.05, 4.69) is 20.7 Å². The number of hydrogen-bond donors (Lipinski definition) is 1. The molecule has 1 N–H and O–H groups in total. The topological polar surface area (TPSA) is 63.2 Å². The molecule has 0 amide bonds. The van der Waals surface area contributed by atoms with Crippen molar-refractivity contribution in [1.29, 1.82) is 0 Å². The van der Waals surface area contributed by atoms with E-state index in [1.165, 1.54) is 18.2 Å². The van der Waals surface area contributed by atoms with Gasteiger partial charge in [0.05, 0.1) is 10.6 Å². The Bertz CT molecular complexity index is 855. The van der Waals surface area contributed by atoms with Crippen molar-refractivity contribution >= 4 is 37.8 Å². The second-order valence-electron chi connectivity index (χ2n) is 4.54. The number of allylic oxidation sites excluding steroid dienone is 1. The molecule has 4 nitrogen and oxygen atoms in total. The van der Waals surface area contributed by atoms with Crippen molar-refractivity contribution in [1.82, 2.24) is 4.72 Å². The van der Waals surface area contributed by atoms with Gasteiger partial charge in [0.15, 0.2) is 0 Å². The summed E-state index contributed by atoms with van der Waals surface area (Å²) in [5.41, 5.74) is 0.985. The van der Waals surface area contributed by atoms with Gasteiger partial charge < -0.3 is 0 Å². The molecule has 0 bridgehead atoms. The summed E-state index contributed by atoms with van der Waals surface area (Å²) in [6.07, 6.45) is 1.53. The third-order valence-electron chi connectivity index (χ3n) is 3.09. The monoisotopic (exact) mass is 363 g/mol. The van der Waals surface area contributed by atoms with Crippen molar-refractivity contribution in [3.05, 3.63) is 69.8 Å². The first kappa shape index (κ1) is 14.0. The number of halogens is 1. The van der Waals surface area contributed by atoms with Crippen LogP contribution in [0.2, 0.25) is 0 Å². The van der Waals surface area contributed by atoms with Gasteiger partial charge in [-0.3, -0.25) is 9.52 Å². The molecule has 0 unspecified atom stereocenters. The van der Waals surface area contributed by atoms with E-state index >= 15 is 0 Å². The average Bonchev–Trinajstić information content (AvgIpc) is 2.47. The molecule has 0 aliphatic carbocycles. The maximum atomic E-state index is 12.4. The van der Waals surface area contributed by atoms with E-state index in [0.717, 1.165) is 10.0 Å². The van der Waals surface area contributed by atoms with E-state index < -0.39 is 10.0 Å². The summed E-state index contributed by atoms with van der Waals surface area (Å²) in [6, 6.07) is 13.4. The molecule has 1 aliphatic heterocycles. The largest absolute Gasteiger partial charge is 0.287 e. The number of rotatable bonds is 1. The van der Waals surface area contributed by atoms with Gasteiger partial charge in [0.2, 0.25) is 5.78 Å². The molecule has 0 atom stereocenters. The highest BCUT2D eigenvalue weighted by molar-refractivity contribution is 9.10. The molecule has 0 spiro atoms. The van der Waals surface area contributed by atoms with Crippen LogP contribution in [0.1, 0.15) is 15.9 Å². The fourth-order valence-electron chi connectivity index (χ4n) is 2.10. The molecule has 1 aliphatic rings. The summed E-state index contributed by atoms with van der Waals surface area (Å²) >= 11 is 3.32. The zero-order valence-electron chi connectivity index (χ0n) is 10.7. The van der Waals surface area contributed by atoms with Crippen molar-refractivity contribution in [2.24, 2.45) is 0 Å². The number of benzene rings is 2. The van der Waals surface area contributed by atoms with E-state index in [4.69, 9.17) is 0 Å². The van der Waals surface area contributed by atoms with Gasteiger partial charge in [0.1, 0.15) is 0 Å². The lowest BCUT2D eigenvalue weighted by Crippen LogP contribution is -2.34. The average molecular weight is 364 g/mol. The van der Waals surface area contributed by atoms with Crippen LogP contribution in [0.25, 0.3) is 6.08 Å². The molecule has 0 fully saturated rings. The molecule has 0 radical (unpaired) electrons. The highest BCUT2D eigenvalue weighted by Gasteiger charge is 2.31. The summed E-state index contributed by atoms with van der Waals surface area (Å²) < 4.78 is 27.6. The number of Topliss-reactive ketones (excluding diaryl/α,β-unsaturated/α-hetero) is 1. The van der Waals surface area contributed by atoms with Crippen molar-refractivity contribution in [3.8, 4) is 0 Å². The van der Waals surface area contributed by atoms with Crippen LogP contribution in [0.15, 0.2) is 63.6 Å². The number of carbonyl (C=O) groups excluding carboxylic acids is 1. The fourth-order valence-corrected chi connectivity index (χ4v) is 3.62. The van der Waals surface area contributed by atoms with E-state index in [1.807, 2.05) is 12.1 Å². The molecular weight excluding hydrogens is 354 g/mol. The lowest BCUT2D eigenvalue weighted by molar-refractivity contribution is 0.102. The van der Waals surface area contributed by atoms with Crippen LogP contribution in [0.4, 0.5) is 0 Å². The number of fused-ring (bicyclic) bond motifs is 1. The summed E-state index contributed by atoms with van der Waals surface area (Å²) in [6.45, 7) is 0. The lowest BCUT2D eigenvalue weighted by Gasteiger charge is -2.19. The molecule has 0 saturated carbocycles. The van der Waals surface area contributed by atoms with Gasteiger partial charge >= 0.3 is 0 Å². The Morgan fingerprint density at radius 2 is 1.67 bits per heavy atom. The molecule has 1 heterocycles. The molecule has 6 heteroatoms. The van der Waals surface area contributed by atoms with Crippen LogP contribution in [-0.2, 0) is 10.0 Å². The molecule has 106 valence electrons. The van der Waals surface area contributed by atoms with Gasteiger partial charge in [-0.05, 0) is 35.9 Å². The second-order valence-corrected chi connectivity index (χ2v) is 7.11. The predicted octanol–water partition coefficient (Wildman–Crippen LogP) is 2.96. The van der Waals surface area contributed by atoms with Crippen molar-refractivity contribution in [2.45, 2.75) is 4.90 Å². The van der Waals surface area contributed by atoms with Crippen molar-refractivity contribution in [3.63, 3.8) is 0 Å². The van der Waals surface area contributed by atoms with Crippen LogP contribution in [0.3, 0.4) is 0 Å². The zero-order valence-corrected chi connectivity index (χ0v) is 13.1. The van der Waals surface area contributed by atoms with E-state index in [0.29, 0.717) is 0 Å². The summed E-state index contributed by atoms with van der Waals surface area (Å²) in [7, 11) is -3.70. The van der Waals surface area contributed by atoms with Crippen LogP contribution in [0, 0.1) is 0 Å². The summed E-state index contributed by atoms with van der Waals surface area (Å²) in [5.74, 6) is -0.330. The highest BCUT2D eigenvalue weighted by Crippen LogP contribution is 2.25. The maximum Gasteiger partial charge on any atom is 0.262 e. The Morgan fingerprint density at radius 1 is 1.00 bits per heavy atom. The van der Waals surface area contributed by atoms with Crippen LogP contribution < -0.4 is 4.72 Å². The fraction of sp³-hybridized carbons (Fsp3) is 0. The minimum absolute atomic E-state index is 0.0166. The Morgan fingerprint density at radius 3 is 2.38 bits per heavy atom. The molecule has 21 heavy (non-hydrogen) atoms. The maximum absolute atomic E-state index is 12.4. The Labute approximate surface area is 130 Å². The third kappa shape index (κ3) is 2.64. The molecule has 3 rings (SSSR count). The smallest absolute Gasteiger partial charge is 0.262 e. The van der Waals surface area contributed by atoms with Crippen molar-refractivity contribution in [2.75, 3.05) is 0 Å².